The highest BCUT2D eigenvalue weighted by atomic mass is 16.7. The van der Waals surface area contributed by atoms with Crippen LogP contribution in [0.1, 0.15) is 85.5 Å². The zero-order chi connectivity index (χ0) is 21.8. The van der Waals surface area contributed by atoms with Crippen LogP contribution in [-0.4, -0.2) is 40.9 Å². The highest BCUT2D eigenvalue weighted by Crippen LogP contribution is 2.71. The number of hydrogen-bond acceptors (Lipinski definition) is 4. The minimum Gasteiger partial charge on any atom is -0.393 e. The summed E-state index contributed by atoms with van der Waals surface area (Å²) in [5, 5.41) is 21.5. The molecule has 0 radical (unpaired) electrons. The molecule has 1 spiro atoms. The van der Waals surface area contributed by atoms with Crippen LogP contribution in [0.5, 0.6) is 0 Å². The van der Waals surface area contributed by atoms with Gasteiger partial charge in [0.05, 0.1) is 24.9 Å². The molecule has 4 aliphatic carbocycles. The Labute approximate surface area is 188 Å². The monoisotopic (exact) mass is 432 g/mol. The van der Waals surface area contributed by atoms with Crippen LogP contribution in [0.25, 0.3) is 0 Å². The molecule has 2 saturated heterocycles. The molecule has 13 atom stereocenters. The second kappa shape index (κ2) is 6.93. The first-order valence-electron chi connectivity index (χ1n) is 13.4. The van der Waals surface area contributed by atoms with Crippen LogP contribution in [0.3, 0.4) is 0 Å². The molecular weight excluding hydrogens is 388 g/mol. The number of rotatable bonds is 0. The standard InChI is InChI=1S/C27H44O4/c1-15-5-10-27(30-14-15)16(2)24-23(31-27)13-20-18-12-22(29)21-11-17(28)6-8-25(21,3)19(18)7-9-26(20,24)4/h15-24,28-29H,5-14H2,1-4H3/t15-,16-,17-,18+,19-,20-,21+,22-,23-,24-,25+,26-,27+/m0/s1. The fourth-order valence-electron chi connectivity index (χ4n) is 10.3. The van der Waals surface area contributed by atoms with Crippen LogP contribution in [0.15, 0.2) is 0 Å². The molecule has 0 aromatic heterocycles. The molecule has 6 rings (SSSR count). The van der Waals surface area contributed by atoms with Gasteiger partial charge in [-0.15, -0.1) is 0 Å². The lowest BCUT2D eigenvalue weighted by Crippen LogP contribution is -2.58. The molecule has 0 unspecified atom stereocenters. The minimum absolute atomic E-state index is 0.191. The third kappa shape index (κ3) is 2.80. The fourth-order valence-corrected chi connectivity index (χ4v) is 10.3. The predicted octanol–water partition coefficient (Wildman–Crippen LogP) is 4.76. The Morgan fingerprint density at radius 1 is 0.806 bits per heavy atom. The van der Waals surface area contributed by atoms with Gasteiger partial charge in [0.15, 0.2) is 5.79 Å². The molecule has 0 aromatic carbocycles. The van der Waals surface area contributed by atoms with E-state index in [1.165, 1.54) is 19.3 Å². The highest BCUT2D eigenvalue weighted by molar-refractivity contribution is 5.16. The van der Waals surface area contributed by atoms with Crippen molar-refractivity contribution in [2.24, 2.45) is 52.3 Å². The summed E-state index contributed by atoms with van der Waals surface area (Å²) in [6.45, 7) is 10.6. The van der Waals surface area contributed by atoms with E-state index < -0.39 is 0 Å². The van der Waals surface area contributed by atoms with Crippen molar-refractivity contribution in [3.63, 3.8) is 0 Å². The van der Waals surface area contributed by atoms with Gasteiger partial charge in [0, 0.05) is 12.3 Å². The van der Waals surface area contributed by atoms with E-state index in [2.05, 4.69) is 27.7 Å². The summed E-state index contributed by atoms with van der Waals surface area (Å²) in [5.41, 5.74) is 0.495. The Hall–Kier alpha value is -0.160. The van der Waals surface area contributed by atoms with Crippen molar-refractivity contribution in [3.8, 4) is 0 Å². The van der Waals surface area contributed by atoms with Crippen molar-refractivity contribution in [3.05, 3.63) is 0 Å². The number of aliphatic hydroxyl groups is 2. The number of hydrogen-bond donors (Lipinski definition) is 2. The highest BCUT2D eigenvalue weighted by Gasteiger charge is 2.69. The maximum absolute atomic E-state index is 11.2. The topological polar surface area (TPSA) is 58.9 Å². The maximum Gasteiger partial charge on any atom is 0.171 e. The van der Waals surface area contributed by atoms with E-state index in [1.54, 1.807) is 0 Å². The molecule has 176 valence electrons. The Kier molecular flexibility index (Phi) is 4.78. The molecule has 0 bridgehead atoms. The third-order valence-electron chi connectivity index (χ3n) is 11.9. The van der Waals surface area contributed by atoms with Crippen molar-refractivity contribution in [2.45, 2.75) is 110 Å². The number of ether oxygens (including phenoxy) is 2. The zero-order valence-corrected chi connectivity index (χ0v) is 20.1. The average molecular weight is 433 g/mol. The van der Waals surface area contributed by atoms with Crippen molar-refractivity contribution in [1.82, 2.24) is 0 Å². The molecular formula is C27H44O4. The second-order valence-electron chi connectivity index (χ2n) is 13.2. The van der Waals surface area contributed by atoms with Crippen molar-refractivity contribution < 1.29 is 19.7 Å². The third-order valence-corrected chi connectivity index (χ3v) is 11.9. The van der Waals surface area contributed by atoms with E-state index in [9.17, 15) is 10.2 Å². The number of fused-ring (bicyclic) bond motifs is 7. The SMILES string of the molecule is C[C@H]1CC[C@@]2(OC1)O[C@H]1C[C@H]3[C@@H]4C[C@H](O)[C@H]5C[C@@H](O)CC[C@]5(C)[C@H]4CC[C@]3(C)[C@H]1[C@@H]2C. The summed E-state index contributed by atoms with van der Waals surface area (Å²) in [6, 6.07) is 0. The van der Waals surface area contributed by atoms with E-state index >= 15 is 0 Å². The first-order chi connectivity index (χ1) is 14.7. The molecule has 2 N–H and O–H groups in total. The van der Waals surface area contributed by atoms with Crippen molar-refractivity contribution >= 4 is 0 Å². The van der Waals surface area contributed by atoms with Crippen LogP contribution in [0.4, 0.5) is 0 Å². The first-order valence-corrected chi connectivity index (χ1v) is 13.4. The molecule has 0 amide bonds. The van der Waals surface area contributed by atoms with Crippen LogP contribution in [0.2, 0.25) is 0 Å². The first kappa shape index (κ1) is 21.4. The lowest BCUT2D eigenvalue weighted by Gasteiger charge is -2.62. The normalized spacial score (nSPS) is 63.3. The van der Waals surface area contributed by atoms with Gasteiger partial charge in [0.1, 0.15) is 0 Å². The smallest absolute Gasteiger partial charge is 0.171 e. The van der Waals surface area contributed by atoms with Crippen LogP contribution < -0.4 is 0 Å². The molecule has 31 heavy (non-hydrogen) atoms. The van der Waals surface area contributed by atoms with Crippen LogP contribution in [0, 0.1) is 52.3 Å². The summed E-state index contributed by atoms with van der Waals surface area (Å²) in [5.74, 6) is 3.58. The average Bonchev–Trinajstić information content (AvgIpc) is 3.17. The Bertz CT molecular complexity index is 716. The van der Waals surface area contributed by atoms with E-state index in [0.717, 1.165) is 45.1 Å². The quantitative estimate of drug-likeness (QED) is 0.579. The van der Waals surface area contributed by atoms with Gasteiger partial charge in [-0.1, -0.05) is 27.7 Å². The Balaban J connectivity index is 1.28. The Morgan fingerprint density at radius 3 is 2.32 bits per heavy atom. The van der Waals surface area contributed by atoms with Crippen LogP contribution in [-0.2, 0) is 9.47 Å². The molecule has 6 fully saturated rings. The Morgan fingerprint density at radius 2 is 1.58 bits per heavy atom. The van der Waals surface area contributed by atoms with E-state index in [1.807, 2.05) is 0 Å². The molecule has 4 heteroatoms. The van der Waals surface area contributed by atoms with Crippen molar-refractivity contribution in [2.75, 3.05) is 6.61 Å². The summed E-state index contributed by atoms with van der Waals surface area (Å²) in [6.07, 6.45) is 9.58. The van der Waals surface area contributed by atoms with Gasteiger partial charge in [-0.05, 0) is 97.7 Å². The maximum atomic E-state index is 11.2. The molecule has 2 heterocycles. The fraction of sp³-hybridized carbons (Fsp3) is 1.00. The van der Waals surface area contributed by atoms with Gasteiger partial charge >= 0.3 is 0 Å². The van der Waals surface area contributed by atoms with Gasteiger partial charge in [-0.25, -0.2) is 0 Å². The summed E-state index contributed by atoms with van der Waals surface area (Å²) in [4.78, 5) is 0. The lowest BCUT2D eigenvalue weighted by molar-refractivity contribution is -0.273. The summed E-state index contributed by atoms with van der Waals surface area (Å²) >= 11 is 0. The molecule has 4 nitrogen and oxygen atoms in total. The largest absolute Gasteiger partial charge is 0.393 e. The lowest BCUT2D eigenvalue weighted by atomic mass is 9.43. The van der Waals surface area contributed by atoms with Gasteiger partial charge in [-0.3, -0.25) is 0 Å². The second-order valence-corrected chi connectivity index (χ2v) is 13.2. The van der Waals surface area contributed by atoms with Crippen molar-refractivity contribution in [1.29, 1.82) is 0 Å². The summed E-state index contributed by atoms with van der Waals surface area (Å²) < 4.78 is 13.3. The van der Waals surface area contributed by atoms with Gasteiger partial charge in [0.2, 0.25) is 0 Å². The predicted molar refractivity (Wildman–Crippen MR) is 119 cm³/mol. The number of aliphatic hydroxyl groups excluding tert-OH is 2. The molecule has 0 aromatic rings. The van der Waals surface area contributed by atoms with E-state index in [0.29, 0.717) is 47.0 Å². The van der Waals surface area contributed by atoms with E-state index in [-0.39, 0.29) is 29.3 Å². The van der Waals surface area contributed by atoms with Crippen LogP contribution >= 0.6 is 0 Å². The minimum atomic E-state index is -0.338. The molecule has 4 saturated carbocycles. The van der Waals surface area contributed by atoms with Gasteiger partial charge < -0.3 is 19.7 Å². The zero-order valence-electron chi connectivity index (χ0n) is 20.1. The molecule has 2 aliphatic heterocycles. The van der Waals surface area contributed by atoms with E-state index in [4.69, 9.17) is 9.47 Å². The van der Waals surface area contributed by atoms with Gasteiger partial charge in [-0.2, -0.15) is 0 Å². The van der Waals surface area contributed by atoms with Gasteiger partial charge in [0.25, 0.3) is 0 Å². The molecule has 6 aliphatic rings. The summed E-state index contributed by atoms with van der Waals surface area (Å²) in [7, 11) is 0.